The third-order valence-corrected chi connectivity index (χ3v) is 1.15. The minimum Gasteiger partial charge on any atom is -0.482 e. The summed E-state index contributed by atoms with van der Waals surface area (Å²) in [4.78, 5) is 2.80. The van der Waals surface area contributed by atoms with Gasteiger partial charge in [0.25, 0.3) is 6.21 Å². The Morgan fingerprint density at radius 1 is 1.36 bits per heavy atom. The Labute approximate surface area is 64.9 Å². The van der Waals surface area contributed by atoms with Gasteiger partial charge in [-0.2, -0.15) is 4.79 Å². The largest absolute Gasteiger partial charge is 0.482 e. The van der Waals surface area contributed by atoms with Crippen molar-refractivity contribution in [3.05, 3.63) is 35.9 Å². The second-order valence-electron chi connectivity index (χ2n) is 1.92. The van der Waals surface area contributed by atoms with Gasteiger partial charge in [0.1, 0.15) is 5.75 Å². The fourth-order valence-corrected chi connectivity index (χ4v) is 0.684. The van der Waals surface area contributed by atoms with Gasteiger partial charge >= 0.3 is 0 Å². The number of benzene rings is 1. The number of nitrogens with zero attached hydrogens (tertiary/aromatic N) is 2. The lowest BCUT2D eigenvalue weighted by atomic mass is 10.3. The lowest BCUT2D eigenvalue weighted by Crippen LogP contribution is -1.97. The average Bonchev–Trinajstić information content (AvgIpc) is 2.07. The van der Waals surface area contributed by atoms with Crippen molar-refractivity contribution < 1.29 is 9.53 Å². The zero-order chi connectivity index (χ0) is 7.94. The SMILES string of the molecule is [N-]=[N+]=CCOc1ccccc1. The highest BCUT2D eigenvalue weighted by Crippen LogP contribution is 2.06. The molecule has 0 saturated heterocycles. The third kappa shape index (κ3) is 2.65. The summed E-state index contributed by atoms with van der Waals surface area (Å²) in [6.07, 6.45) is 1.28. The van der Waals surface area contributed by atoms with Crippen LogP contribution in [0.1, 0.15) is 0 Å². The van der Waals surface area contributed by atoms with Gasteiger partial charge in [-0.05, 0) is 12.1 Å². The van der Waals surface area contributed by atoms with Gasteiger partial charge < -0.3 is 10.3 Å². The van der Waals surface area contributed by atoms with Crippen molar-refractivity contribution in [3.63, 3.8) is 0 Å². The lowest BCUT2D eigenvalue weighted by Gasteiger charge is -1.97. The third-order valence-electron chi connectivity index (χ3n) is 1.15. The van der Waals surface area contributed by atoms with Gasteiger partial charge in [-0.15, -0.1) is 0 Å². The zero-order valence-electron chi connectivity index (χ0n) is 5.97. The molecule has 0 aliphatic heterocycles. The summed E-state index contributed by atoms with van der Waals surface area (Å²) in [5.74, 6) is 0.771. The summed E-state index contributed by atoms with van der Waals surface area (Å²) in [5, 5.41) is 0. The van der Waals surface area contributed by atoms with Crippen LogP contribution in [0.15, 0.2) is 30.3 Å². The van der Waals surface area contributed by atoms with Crippen molar-refractivity contribution in [2.75, 3.05) is 6.61 Å². The van der Waals surface area contributed by atoms with Crippen LogP contribution in [0.4, 0.5) is 0 Å². The van der Waals surface area contributed by atoms with Crippen molar-refractivity contribution in [2.45, 2.75) is 0 Å². The molecule has 0 amide bonds. The molecule has 0 aliphatic carbocycles. The van der Waals surface area contributed by atoms with E-state index in [1.54, 1.807) is 0 Å². The van der Waals surface area contributed by atoms with Crippen LogP contribution in [0, 0.1) is 0 Å². The molecule has 0 spiro atoms. The fourth-order valence-electron chi connectivity index (χ4n) is 0.684. The molecule has 0 unspecified atom stereocenters. The predicted octanol–water partition coefficient (Wildman–Crippen LogP) is 1.37. The highest BCUT2D eigenvalue weighted by molar-refractivity contribution is 5.52. The second kappa shape index (κ2) is 4.25. The van der Waals surface area contributed by atoms with E-state index in [1.807, 2.05) is 30.3 Å². The van der Waals surface area contributed by atoms with Crippen LogP contribution in [0.2, 0.25) is 0 Å². The molecule has 11 heavy (non-hydrogen) atoms. The molecule has 0 saturated carbocycles. The van der Waals surface area contributed by atoms with Gasteiger partial charge in [-0.25, -0.2) is 0 Å². The summed E-state index contributed by atoms with van der Waals surface area (Å²) in [6, 6.07) is 9.35. The highest BCUT2D eigenvalue weighted by Gasteiger charge is 1.88. The molecular formula is C8H8N2O. The molecule has 56 valence electrons. The normalized spacial score (nSPS) is 8.36. The molecule has 0 aromatic heterocycles. The monoisotopic (exact) mass is 148 g/mol. The average molecular weight is 148 g/mol. The molecule has 0 heterocycles. The molecule has 0 radical (unpaired) electrons. The van der Waals surface area contributed by atoms with Gasteiger partial charge in [-0.3, -0.25) is 0 Å². The number of hydrogen-bond donors (Lipinski definition) is 0. The first-order valence-electron chi connectivity index (χ1n) is 3.27. The van der Waals surface area contributed by atoms with Gasteiger partial charge in [0.15, 0.2) is 6.61 Å². The number of ether oxygens (including phenoxy) is 1. The first-order valence-corrected chi connectivity index (χ1v) is 3.27. The quantitative estimate of drug-likeness (QED) is 0.362. The molecule has 3 heteroatoms. The molecule has 0 fully saturated rings. The Hall–Kier alpha value is -1.60. The standard InChI is InChI=1S/C8H8N2O/c9-10-6-7-11-8-4-2-1-3-5-8/h1-6H,7H2. The Morgan fingerprint density at radius 3 is 2.73 bits per heavy atom. The molecule has 1 rings (SSSR count). The van der Waals surface area contributed by atoms with E-state index in [4.69, 9.17) is 10.3 Å². The Morgan fingerprint density at radius 2 is 2.09 bits per heavy atom. The van der Waals surface area contributed by atoms with E-state index < -0.39 is 0 Å². The van der Waals surface area contributed by atoms with Gasteiger partial charge in [0.2, 0.25) is 0 Å². The summed E-state index contributed by atoms with van der Waals surface area (Å²) in [6.45, 7) is 0.292. The molecule has 0 atom stereocenters. The van der Waals surface area contributed by atoms with E-state index in [0.717, 1.165) is 5.75 Å². The lowest BCUT2D eigenvalue weighted by molar-refractivity contribution is -0.00196. The van der Waals surface area contributed by atoms with E-state index >= 15 is 0 Å². The van der Waals surface area contributed by atoms with E-state index in [-0.39, 0.29) is 0 Å². The van der Waals surface area contributed by atoms with Gasteiger partial charge in [-0.1, -0.05) is 18.2 Å². The van der Waals surface area contributed by atoms with Crippen molar-refractivity contribution >= 4 is 6.21 Å². The smallest absolute Gasteiger partial charge is 0.294 e. The summed E-state index contributed by atoms with van der Waals surface area (Å²) in [7, 11) is 0. The zero-order valence-corrected chi connectivity index (χ0v) is 5.97. The van der Waals surface area contributed by atoms with Crippen LogP contribution in [-0.2, 0) is 0 Å². The predicted molar refractivity (Wildman–Crippen MR) is 41.6 cm³/mol. The first kappa shape index (κ1) is 7.51. The number of para-hydroxylation sites is 1. The molecule has 1 aromatic carbocycles. The van der Waals surface area contributed by atoms with Crippen LogP contribution in [0.25, 0.3) is 5.53 Å². The Balaban J connectivity index is 2.45. The van der Waals surface area contributed by atoms with Crippen molar-refractivity contribution in [3.8, 4) is 5.75 Å². The van der Waals surface area contributed by atoms with Crippen LogP contribution >= 0.6 is 0 Å². The molecule has 3 nitrogen and oxygen atoms in total. The molecule has 0 N–H and O–H groups in total. The highest BCUT2D eigenvalue weighted by atomic mass is 16.5. The Bertz CT molecular complexity index is 252. The van der Waals surface area contributed by atoms with Crippen molar-refractivity contribution in [2.24, 2.45) is 0 Å². The van der Waals surface area contributed by atoms with Crippen LogP contribution in [0.5, 0.6) is 5.75 Å². The summed E-state index contributed by atoms with van der Waals surface area (Å²) in [5.41, 5.74) is 8.03. The van der Waals surface area contributed by atoms with E-state index in [2.05, 4.69) is 4.79 Å². The van der Waals surface area contributed by atoms with Crippen LogP contribution in [0.3, 0.4) is 0 Å². The maximum absolute atomic E-state index is 8.03. The fraction of sp³-hybridized carbons (Fsp3) is 0.125. The van der Waals surface area contributed by atoms with E-state index in [1.165, 1.54) is 6.21 Å². The van der Waals surface area contributed by atoms with Crippen molar-refractivity contribution in [1.29, 1.82) is 0 Å². The molecular weight excluding hydrogens is 140 g/mol. The minimum absolute atomic E-state index is 0.292. The van der Waals surface area contributed by atoms with Crippen LogP contribution < -0.4 is 4.74 Å². The second-order valence-corrected chi connectivity index (χ2v) is 1.92. The number of hydrogen-bond acceptors (Lipinski definition) is 1. The van der Waals surface area contributed by atoms with Crippen molar-refractivity contribution in [1.82, 2.24) is 0 Å². The molecule has 1 aromatic rings. The molecule has 0 aliphatic rings. The van der Waals surface area contributed by atoms with E-state index in [9.17, 15) is 0 Å². The topological polar surface area (TPSA) is 45.6 Å². The Kier molecular flexibility index (Phi) is 2.90. The summed E-state index contributed by atoms with van der Waals surface area (Å²) < 4.78 is 5.14. The maximum atomic E-state index is 8.03. The number of rotatable bonds is 3. The van der Waals surface area contributed by atoms with E-state index in [0.29, 0.717) is 6.61 Å². The maximum Gasteiger partial charge on any atom is 0.294 e. The van der Waals surface area contributed by atoms with Gasteiger partial charge in [0.05, 0.1) is 0 Å². The minimum atomic E-state index is 0.292. The van der Waals surface area contributed by atoms with Crippen LogP contribution in [-0.4, -0.2) is 17.6 Å². The summed E-state index contributed by atoms with van der Waals surface area (Å²) >= 11 is 0. The first-order chi connectivity index (χ1) is 5.43. The van der Waals surface area contributed by atoms with Gasteiger partial charge in [0, 0.05) is 0 Å². The molecule has 0 bridgehead atoms.